The Labute approximate surface area is 176 Å². The third kappa shape index (κ3) is 5.67. The minimum atomic E-state index is -0.497. The smallest absolute Gasteiger partial charge is 0.337 e. The maximum atomic E-state index is 12.8. The van der Waals surface area contributed by atoms with E-state index < -0.39 is 6.10 Å². The Bertz CT molecular complexity index is 765. The summed E-state index contributed by atoms with van der Waals surface area (Å²) < 4.78 is 11.2. The van der Waals surface area contributed by atoms with Gasteiger partial charge in [-0.05, 0) is 23.2 Å². The van der Waals surface area contributed by atoms with E-state index >= 15 is 0 Å². The van der Waals surface area contributed by atoms with Crippen molar-refractivity contribution in [3.05, 3.63) is 47.0 Å². The summed E-state index contributed by atoms with van der Waals surface area (Å²) in [6, 6.07) is 10.2. The van der Waals surface area contributed by atoms with Crippen molar-refractivity contribution in [3.8, 4) is 0 Å². The van der Waals surface area contributed by atoms with E-state index in [1.165, 1.54) is 12.5 Å². The molecule has 1 heterocycles. The first-order valence-electron chi connectivity index (χ1n) is 10.0. The molecule has 29 heavy (non-hydrogen) atoms. The van der Waals surface area contributed by atoms with Crippen LogP contribution in [0.3, 0.4) is 0 Å². The van der Waals surface area contributed by atoms with Crippen LogP contribution < -0.4 is 0 Å². The van der Waals surface area contributed by atoms with Gasteiger partial charge in [-0.15, -0.1) is 0 Å². The van der Waals surface area contributed by atoms with Crippen molar-refractivity contribution < 1.29 is 18.8 Å². The second kappa shape index (κ2) is 9.40. The van der Waals surface area contributed by atoms with Crippen LogP contribution in [0.1, 0.15) is 47.1 Å². The van der Waals surface area contributed by atoms with Crippen molar-refractivity contribution in [1.82, 2.24) is 4.90 Å². The molecule has 0 amide bonds. The summed E-state index contributed by atoms with van der Waals surface area (Å²) in [4.78, 5) is 27.0. The Kier molecular flexibility index (Phi) is 7.64. The molecule has 1 aromatic rings. The predicted molar refractivity (Wildman–Crippen MR) is 118 cm³/mol. The fraction of sp³-hybridized carbons (Fsp3) is 0.565. The zero-order chi connectivity index (χ0) is 21.8. The van der Waals surface area contributed by atoms with Gasteiger partial charge in [0.25, 0.3) is 0 Å². The number of rotatable bonds is 7. The second-order valence-electron chi connectivity index (χ2n) is 9.19. The normalized spacial score (nSPS) is 17.1. The van der Waals surface area contributed by atoms with Crippen molar-refractivity contribution >= 4 is 20.7 Å². The number of benzene rings is 1. The average molecular weight is 420 g/mol. The highest BCUT2D eigenvalue weighted by molar-refractivity contribution is 7.31. The Morgan fingerprint density at radius 3 is 2.24 bits per heavy atom. The molecule has 1 aliphatic rings. The maximum Gasteiger partial charge on any atom is 0.337 e. The molecular weight excluding hydrogens is 385 g/mol. The lowest BCUT2D eigenvalue weighted by Crippen LogP contribution is -2.45. The summed E-state index contributed by atoms with van der Waals surface area (Å²) >= 11 is 0. The zero-order valence-electron chi connectivity index (χ0n) is 18.7. The van der Waals surface area contributed by atoms with Gasteiger partial charge in [0.05, 0.1) is 14.4 Å². The summed E-state index contributed by atoms with van der Waals surface area (Å²) in [7, 11) is 0.0754. The van der Waals surface area contributed by atoms with Crippen LogP contribution in [-0.2, 0) is 25.4 Å². The molecule has 1 aliphatic heterocycles. The second-order valence-corrected chi connectivity index (χ2v) is 9.80. The number of carbonyl (C=O) groups excluding carboxylic acids is 2. The van der Waals surface area contributed by atoms with E-state index in [2.05, 4.69) is 51.7 Å². The summed E-state index contributed by atoms with van der Waals surface area (Å²) in [5.74, 6) is -0.648. The number of nitrogens with zero attached hydrogens (tertiary/aromatic N) is 1. The molecule has 0 N–H and O–H groups in total. The van der Waals surface area contributed by atoms with Gasteiger partial charge in [0.15, 0.2) is 0 Å². The Morgan fingerprint density at radius 2 is 1.72 bits per heavy atom. The van der Waals surface area contributed by atoms with Gasteiger partial charge in [-0.2, -0.15) is 0 Å². The van der Waals surface area contributed by atoms with Gasteiger partial charge in [0.2, 0.25) is 0 Å². The van der Waals surface area contributed by atoms with Crippen LogP contribution in [0.25, 0.3) is 0 Å². The van der Waals surface area contributed by atoms with Crippen LogP contribution in [0.5, 0.6) is 0 Å². The Balaban J connectivity index is 2.42. The molecule has 0 aromatic heterocycles. The van der Waals surface area contributed by atoms with E-state index in [4.69, 9.17) is 9.26 Å². The summed E-state index contributed by atoms with van der Waals surface area (Å²) in [5.41, 5.74) is 2.14. The SMILES string of the molecule is CPOC(=O)C1=C(C(OC(C)=O)C(C)(C)C(C)(C)C)CN(Cc2ccccc2)C1. The van der Waals surface area contributed by atoms with E-state index in [0.717, 1.165) is 12.1 Å². The number of hydrogen-bond acceptors (Lipinski definition) is 5. The van der Waals surface area contributed by atoms with Crippen LogP contribution in [0.2, 0.25) is 0 Å². The molecule has 0 aliphatic carbocycles. The lowest BCUT2D eigenvalue weighted by molar-refractivity contribution is -0.154. The van der Waals surface area contributed by atoms with E-state index in [0.29, 0.717) is 18.7 Å². The number of hydrogen-bond donors (Lipinski definition) is 0. The van der Waals surface area contributed by atoms with Crippen LogP contribution in [0.4, 0.5) is 0 Å². The monoisotopic (exact) mass is 419 g/mol. The average Bonchev–Trinajstić information content (AvgIpc) is 3.03. The van der Waals surface area contributed by atoms with Crippen LogP contribution >= 0.6 is 8.81 Å². The van der Waals surface area contributed by atoms with Gasteiger partial charge in [-0.25, -0.2) is 4.79 Å². The molecule has 0 fully saturated rings. The number of carbonyl (C=O) groups is 2. The van der Waals surface area contributed by atoms with Crippen molar-refractivity contribution in [2.75, 3.05) is 19.8 Å². The largest absolute Gasteiger partial charge is 0.457 e. The standard InChI is InChI=1S/C23H34NO4P/c1-16(25)27-20(23(5,6)22(2,3)4)18-14-24(13-17-11-9-8-10-12-17)15-19(18)21(26)28-29-7/h8-12,20,29H,13-15H2,1-7H3. The van der Waals surface area contributed by atoms with Crippen LogP contribution in [-0.4, -0.2) is 42.7 Å². The summed E-state index contributed by atoms with van der Waals surface area (Å²) in [6.45, 7) is 15.6. The third-order valence-corrected chi connectivity index (χ3v) is 6.43. The molecule has 6 heteroatoms. The molecule has 2 atom stereocenters. The minimum absolute atomic E-state index is 0.0754. The fourth-order valence-corrected chi connectivity index (χ4v) is 3.78. The van der Waals surface area contributed by atoms with Crippen molar-refractivity contribution in [3.63, 3.8) is 0 Å². The van der Waals surface area contributed by atoms with Crippen LogP contribution in [0.15, 0.2) is 41.5 Å². The first-order chi connectivity index (χ1) is 13.5. The molecule has 160 valence electrons. The topological polar surface area (TPSA) is 55.8 Å². The summed E-state index contributed by atoms with van der Waals surface area (Å²) in [6.07, 6.45) is -0.497. The highest BCUT2D eigenvalue weighted by Crippen LogP contribution is 2.46. The van der Waals surface area contributed by atoms with E-state index in [9.17, 15) is 9.59 Å². The quantitative estimate of drug-likeness (QED) is 0.479. The fourth-order valence-electron chi connectivity index (χ4n) is 3.48. The highest BCUT2D eigenvalue weighted by Gasteiger charge is 2.47. The van der Waals surface area contributed by atoms with Crippen molar-refractivity contribution in [2.24, 2.45) is 10.8 Å². The first kappa shape index (κ1) is 23.6. The minimum Gasteiger partial charge on any atom is -0.457 e. The van der Waals surface area contributed by atoms with Crippen molar-refractivity contribution in [1.29, 1.82) is 0 Å². The lowest BCUT2D eigenvalue weighted by atomic mass is 9.64. The molecule has 2 unspecified atom stereocenters. The van der Waals surface area contributed by atoms with Crippen molar-refractivity contribution in [2.45, 2.75) is 54.2 Å². The highest BCUT2D eigenvalue weighted by atomic mass is 31.1. The Morgan fingerprint density at radius 1 is 1.10 bits per heavy atom. The van der Waals surface area contributed by atoms with Gasteiger partial charge in [-0.3, -0.25) is 9.69 Å². The summed E-state index contributed by atoms with van der Waals surface area (Å²) in [5, 5.41) is 0. The zero-order valence-corrected chi connectivity index (χ0v) is 19.7. The van der Waals surface area contributed by atoms with Gasteiger partial charge >= 0.3 is 11.9 Å². The molecule has 1 aromatic carbocycles. The maximum absolute atomic E-state index is 12.8. The Hall–Kier alpha value is -1.71. The molecule has 0 saturated heterocycles. The number of esters is 1. The van der Waals surface area contributed by atoms with E-state index in [1.807, 2.05) is 24.9 Å². The molecule has 0 saturated carbocycles. The predicted octanol–water partition coefficient (Wildman–Crippen LogP) is 4.57. The third-order valence-electron chi connectivity index (χ3n) is 6.04. The van der Waals surface area contributed by atoms with Gasteiger partial charge in [-0.1, -0.05) is 65.0 Å². The molecule has 0 spiro atoms. The lowest BCUT2D eigenvalue weighted by Gasteiger charge is -2.45. The molecule has 0 bridgehead atoms. The van der Waals surface area contributed by atoms with Gasteiger partial charge in [0.1, 0.15) is 6.10 Å². The van der Waals surface area contributed by atoms with Gasteiger partial charge < -0.3 is 9.26 Å². The van der Waals surface area contributed by atoms with Gasteiger partial charge in [0, 0.05) is 32.0 Å². The van der Waals surface area contributed by atoms with Crippen LogP contribution in [0, 0.1) is 10.8 Å². The first-order valence-corrected chi connectivity index (χ1v) is 11.4. The molecular formula is C23H34NO4P. The van der Waals surface area contributed by atoms with E-state index in [1.54, 1.807) is 0 Å². The molecule has 0 radical (unpaired) electrons. The molecule has 5 nitrogen and oxygen atoms in total. The number of ether oxygens (including phenoxy) is 1. The molecule has 2 rings (SSSR count). The van der Waals surface area contributed by atoms with E-state index in [-0.39, 0.29) is 31.6 Å².